The summed E-state index contributed by atoms with van der Waals surface area (Å²) >= 11 is 17.9. The van der Waals surface area contributed by atoms with Crippen LogP contribution in [-0.4, -0.2) is 17.0 Å². The number of hydrogen-bond donors (Lipinski definition) is 1. The summed E-state index contributed by atoms with van der Waals surface area (Å²) < 4.78 is 5.59. The van der Waals surface area contributed by atoms with Gasteiger partial charge in [0, 0.05) is 23.8 Å². The highest BCUT2D eigenvalue weighted by Crippen LogP contribution is 2.36. The van der Waals surface area contributed by atoms with Crippen LogP contribution in [0.5, 0.6) is 5.75 Å². The molecule has 1 aromatic heterocycles. The molecule has 20 heavy (non-hydrogen) atoms. The van der Waals surface area contributed by atoms with Gasteiger partial charge in [0.2, 0.25) is 0 Å². The molecule has 0 spiro atoms. The molecule has 1 N–H and O–H groups in total. The minimum Gasteiger partial charge on any atom is -0.482 e. The van der Waals surface area contributed by atoms with Gasteiger partial charge in [-0.15, -0.1) is 0 Å². The van der Waals surface area contributed by atoms with Gasteiger partial charge in [-0.1, -0.05) is 34.8 Å². The Morgan fingerprint density at radius 1 is 1.10 bits per heavy atom. The van der Waals surface area contributed by atoms with Crippen LogP contribution in [0, 0.1) is 6.92 Å². The molecule has 2 aromatic rings. The fraction of sp³-hybridized carbons (Fsp3) is 0.231. The van der Waals surface area contributed by atoms with Gasteiger partial charge < -0.3 is 10.1 Å². The highest BCUT2D eigenvalue weighted by atomic mass is 35.5. The topological polar surface area (TPSA) is 47.0 Å². The Kier molecular flexibility index (Phi) is 4.91. The van der Waals surface area contributed by atoms with Crippen molar-refractivity contribution in [3.05, 3.63) is 44.8 Å². The lowest BCUT2D eigenvalue weighted by atomic mass is 10.3. The van der Waals surface area contributed by atoms with Crippen LogP contribution in [0.4, 0.5) is 5.82 Å². The van der Waals surface area contributed by atoms with Gasteiger partial charge in [0.05, 0.1) is 10.0 Å². The van der Waals surface area contributed by atoms with Crippen LogP contribution in [-0.2, 0) is 6.61 Å². The number of nitrogens with zero attached hydrogens (tertiary/aromatic N) is 2. The van der Waals surface area contributed by atoms with E-state index in [2.05, 4.69) is 15.3 Å². The maximum Gasteiger partial charge on any atom is 0.168 e. The van der Waals surface area contributed by atoms with Gasteiger partial charge in [0.1, 0.15) is 12.4 Å². The SMILES string of the molecule is CNc1cc(C)nc(COc2c(Cl)cc(Cl)cc2Cl)n1. The second-order valence-corrected chi connectivity index (χ2v) is 5.30. The predicted molar refractivity (Wildman–Crippen MR) is 82.1 cm³/mol. The van der Waals surface area contributed by atoms with E-state index in [-0.39, 0.29) is 6.61 Å². The van der Waals surface area contributed by atoms with Crippen molar-refractivity contribution in [2.75, 3.05) is 12.4 Å². The van der Waals surface area contributed by atoms with E-state index in [0.717, 1.165) is 11.5 Å². The molecule has 0 aliphatic carbocycles. The number of nitrogens with one attached hydrogen (secondary N) is 1. The van der Waals surface area contributed by atoms with E-state index < -0.39 is 0 Å². The van der Waals surface area contributed by atoms with Crippen molar-refractivity contribution in [2.24, 2.45) is 0 Å². The van der Waals surface area contributed by atoms with E-state index in [1.165, 1.54) is 0 Å². The first-order valence-corrected chi connectivity index (χ1v) is 6.92. The molecular weight excluding hydrogens is 321 g/mol. The zero-order valence-corrected chi connectivity index (χ0v) is 13.1. The second kappa shape index (κ2) is 6.48. The first-order chi connectivity index (χ1) is 9.49. The molecule has 4 nitrogen and oxygen atoms in total. The molecule has 0 aliphatic rings. The Balaban J connectivity index is 2.19. The Hall–Kier alpha value is -1.23. The van der Waals surface area contributed by atoms with Crippen molar-refractivity contribution in [3.8, 4) is 5.75 Å². The quantitative estimate of drug-likeness (QED) is 0.903. The predicted octanol–water partition coefficient (Wildman–Crippen LogP) is 4.37. The lowest BCUT2D eigenvalue weighted by molar-refractivity contribution is 0.296. The summed E-state index contributed by atoms with van der Waals surface area (Å²) in [5.41, 5.74) is 0.844. The van der Waals surface area contributed by atoms with Crippen molar-refractivity contribution < 1.29 is 4.74 Å². The van der Waals surface area contributed by atoms with Crippen molar-refractivity contribution in [1.29, 1.82) is 0 Å². The standard InChI is InChI=1S/C13H12Cl3N3O/c1-7-3-11(17-2)19-12(18-7)6-20-13-9(15)4-8(14)5-10(13)16/h3-5H,6H2,1-2H3,(H,17,18,19). The molecule has 0 saturated heterocycles. The van der Waals surface area contributed by atoms with E-state index in [0.29, 0.717) is 26.6 Å². The smallest absolute Gasteiger partial charge is 0.168 e. The maximum atomic E-state index is 6.04. The van der Waals surface area contributed by atoms with Gasteiger partial charge in [0.15, 0.2) is 11.6 Å². The number of aromatic nitrogens is 2. The highest BCUT2D eigenvalue weighted by Gasteiger charge is 2.10. The number of benzene rings is 1. The molecule has 0 aliphatic heterocycles. The summed E-state index contributed by atoms with van der Waals surface area (Å²) in [5, 5.41) is 4.12. The third-order valence-electron chi connectivity index (χ3n) is 2.47. The van der Waals surface area contributed by atoms with Gasteiger partial charge in [-0.2, -0.15) is 0 Å². The minimum absolute atomic E-state index is 0.164. The van der Waals surface area contributed by atoms with E-state index in [9.17, 15) is 0 Å². The summed E-state index contributed by atoms with van der Waals surface area (Å²) in [6.45, 7) is 2.05. The van der Waals surface area contributed by atoms with Crippen LogP contribution in [0.1, 0.15) is 11.5 Å². The van der Waals surface area contributed by atoms with Crippen molar-refractivity contribution in [3.63, 3.8) is 0 Å². The Bertz CT molecular complexity index is 611. The molecule has 0 atom stereocenters. The number of halogens is 3. The third kappa shape index (κ3) is 3.66. The third-order valence-corrected chi connectivity index (χ3v) is 3.25. The first-order valence-electron chi connectivity index (χ1n) is 5.79. The van der Waals surface area contributed by atoms with Gasteiger partial charge in [-0.05, 0) is 19.1 Å². The lowest BCUT2D eigenvalue weighted by Gasteiger charge is -2.10. The van der Waals surface area contributed by atoms with E-state index in [1.807, 2.05) is 13.0 Å². The van der Waals surface area contributed by atoms with E-state index >= 15 is 0 Å². The van der Waals surface area contributed by atoms with Crippen LogP contribution in [0.25, 0.3) is 0 Å². The molecule has 0 saturated carbocycles. The van der Waals surface area contributed by atoms with E-state index in [1.54, 1.807) is 19.2 Å². The first kappa shape index (κ1) is 15.2. The minimum atomic E-state index is 0.164. The number of rotatable bonds is 4. The summed E-state index contributed by atoms with van der Waals surface area (Å²) in [6, 6.07) is 4.98. The van der Waals surface area contributed by atoms with Crippen LogP contribution in [0.15, 0.2) is 18.2 Å². The van der Waals surface area contributed by atoms with Crippen molar-refractivity contribution >= 4 is 40.6 Å². The fourth-order valence-corrected chi connectivity index (χ4v) is 2.55. The van der Waals surface area contributed by atoms with Gasteiger partial charge >= 0.3 is 0 Å². The molecule has 7 heteroatoms. The Morgan fingerprint density at radius 2 is 1.75 bits per heavy atom. The van der Waals surface area contributed by atoms with Gasteiger partial charge in [-0.25, -0.2) is 9.97 Å². The average molecular weight is 333 g/mol. The fourth-order valence-electron chi connectivity index (χ4n) is 1.63. The molecule has 0 amide bonds. The van der Waals surface area contributed by atoms with Crippen molar-refractivity contribution in [1.82, 2.24) is 9.97 Å². The van der Waals surface area contributed by atoms with Crippen molar-refractivity contribution in [2.45, 2.75) is 13.5 Å². The summed E-state index contributed by atoms with van der Waals surface area (Å²) in [7, 11) is 1.79. The monoisotopic (exact) mass is 331 g/mol. The van der Waals surface area contributed by atoms with E-state index in [4.69, 9.17) is 39.5 Å². The second-order valence-electron chi connectivity index (χ2n) is 4.05. The van der Waals surface area contributed by atoms with Crippen LogP contribution in [0.3, 0.4) is 0 Å². The molecule has 106 valence electrons. The number of ether oxygens (including phenoxy) is 1. The zero-order chi connectivity index (χ0) is 14.7. The largest absolute Gasteiger partial charge is 0.482 e. The molecule has 1 aromatic carbocycles. The average Bonchev–Trinajstić information content (AvgIpc) is 2.36. The number of anilines is 1. The molecular formula is C13H12Cl3N3O. The maximum absolute atomic E-state index is 6.04. The van der Waals surface area contributed by atoms with Gasteiger partial charge in [-0.3, -0.25) is 0 Å². The summed E-state index contributed by atoms with van der Waals surface area (Å²) in [4.78, 5) is 8.57. The lowest BCUT2D eigenvalue weighted by Crippen LogP contribution is -2.05. The molecule has 0 unspecified atom stereocenters. The molecule has 1 heterocycles. The molecule has 0 fully saturated rings. The number of aryl methyl sites for hydroxylation is 1. The highest BCUT2D eigenvalue weighted by molar-refractivity contribution is 6.40. The van der Waals surface area contributed by atoms with Crippen LogP contribution in [0.2, 0.25) is 15.1 Å². The molecule has 2 rings (SSSR count). The van der Waals surface area contributed by atoms with Gasteiger partial charge in [0.25, 0.3) is 0 Å². The Labute approximate surface area is 132 Å². The van der Waals surface area contributed by atoms with Crippen LogP contribution >= 0.6 is 34.8 Å². The molecule has 0 bridgehead atoms. The molecule has 0 radical (unpaired) electrons. The summed E-state index contributed by atoms with van der Waals surface area (Å²) in [6.07, 6.45) is 0. The number of hydrogen-bond acceptors (Lipinski definition) is 4. The van der Waals surface area contributed by atoms with Crippen LogP contribution < -0.4 is 10.1 Å². The Morgan fingerprint density at radius 3 is 2.35 bits per heavy atom. The normalized spacial score (nSPS) is 10.4. The summed E-state index contributed by atoms with van der Waals surface area (Å²) in [5.74, 6) is 1.63. The zero-order valence-electron chi connectivity index (χ0n) is 10.9.